The van der Waals surface area contributed by atoms with Crippen molar-refractivity contribution in [3.05, 3.63) is 17.9 Å². The molecule has 1 aromatic carbocycles. The predicted molar refractivity (Wildman–Crippen MR) is 39.2 cm³/mol. The molecule has 0 bridgehead atoms. The van der Waals surface area contributed by atoms with Crippen LogP contribution in [0, 0.1) is 5.82 Å². The van der Waals surface area contributed by atoms with Gasteiger partial charge in [0.1, 0.15) is 0 Å². The van der Waals surface area contributed by atoms with Gasteiger partial charge in [0.25, 0.3) is 0 Å². The van der Waals surface area contributed by atoms with Crippen molar-refractivity contribution in [1.82, 2.24) is 0 Å². The summed E-state index contributed by atoms with van der Waals surface area (Å²) < 4.78 is 51.0. The molecule has 14 heavy (non-hydrogen) atoms. The molecule has 3 nitrogen and oxygen atoms in total. The third kappa shape index (κ3) is 2.41. The molecule has 0 atom stereocenters. The lowest BCUT2D eigenvalue weighted by atomic mass is 10.2. The molecule has 0 saturated heterocycles. The van der Waals surface area contributed by atoms with Gasteiger partial charge in [0, 0.05) is 17.8 Å². The molecule has 7 heteroatoms. The molecule has 0 unspecified atom stereocenters. The SMILES string of the molecule is Nc1cc(F)c(O)c(OC(F)(F)F)c1. The number of nitrogens with two attached hydrogens (primary N) is 1. The molecule has 0 heterocycles. The Morgan fingerprint density at radius 1 is 1.29 bits per heavy atom. The molecule has 0 saturated carbocycles. The summed E-state index contributed by atoms with van der Waals surface area (Å²) in [6.07, 6.45) is -5.00. The van der Waals surface area contributed by atoms with Crippen LogP contribution in [-0.4, -0.2) is 11.5 Å². The van der Waals surface area contributed by atoms with Crippen molar-refractivity contribution in [1.29, 1.82) is 0 Å². The zero-order valence-corrected chi connectivity index (χ0v) is 6.60. The molecule has 0 aliphatic rings. The van der Waals surface area contributed by atoms with Crippen LogP contribution >= 0.6 is 0 Å². The number of halogens is 4. The maximum Gasteiger partial charge on any atom is 0.573 e. The van der Waals surface area contributed by atoms with Crippen molar-refractivity contribution >= 4 is 5.69 Å². The first-order valence-corrected chi connectivity index (χ1v) is 3.33. The highest BCUT2D eigenvalue weighted by Crippen LogP contribution is 2.35. The normalized spacial score (nSPS) is 11.4. The zero-order valence-electron chi connectivity index (χ0n) is 6.60. The number of hydrogen-bond acceptors (Lipinski definition) is 3. The van der Waals surface area contributed by atoms with Crippen molar-refractivity contribution in [2.45, 2.75) is 6.36 Å². The Balaban J connectivity index is 3.09. The maximum absolute atomic E-state index is 12.6. The van der Waals surface area contributed by atoms with Gasteiger partial charge >= 0.3 is 6.36 Å². The lowest BCUT2D eigenvalue weighted by Gasteiger charge is -2.10. The van der Waals surface area contributed by atoms with Crippen molar-refractivity contribution < 1.29 is 27.4 Å². The van der Waals surface area contributed by atoms with E-state index in [1.807, 2.05) is 0 Å². The number of rotatable bonds is 1. The number of aromatic hydroxyl groups is 1. The van der Waals surface area contributed by atoms with Crippen LogP contribution in [0.3, 0.4) is 0 Å². The van der Waals surface area contributed by atoms with E-state index in [2.05, 4.69) is 4.74 Å². The molecule has 0 aromatic heterocycles. The molecule has 0 aliphatic heterocycles. The molecule has 0 fully saturated rings. The minimum absolute atomic E-state index is 0.278. The van der Waals surface area contributed by atoms with Crippen LogP contribution in [0.4, 0.5) is 23.2 Å². The summed E-state index contributed by atoms with van der Waals surface area (Å²) in [4.78, 5) is 0. The molecule has 1 rings (SSSR count). The van der Waals surface area contributed by atoms with Crippen molar-refractivity contribution in [2.24, 2.45) is 0 Å². The molecular formula is C7H5F4NO2. The fourth-order valence-electron chi connectivity index (χ4n) is 0.796. The molecular weight excluding hydrogens is 206 g/mol. The summed E-state index contributed by atoms with van der Waals surface area (Å²) in [6, 6.07) is 1.35. The molecule has 0 spiro atoms. The Kier molecular flexibility index (Phi) is 2.41. The standard InChI is InChI=1S/C7H5F4NO2/c8-4-1-3(12)2-5(6(4)13)14-7(9,10)11/h1-2,13H,12H2. The largest absolute Gasteiger partial charge is 0.573 e. The zero-order chi connectivity index (χ0) is 10.9. The number of phenolic OH excluding ortho intramolecular Hbond substituents is 1. The Hall–Kier alpha value is -1.66. The first-order chi connectivity index (χ1) is 6.29. The second kappa shape index (κ2) is 3.24. The molecule has 1 aromatic rings. The van der Waals surface area contributed by atoms with E-state index in [1.54, 1.807) is 0 Å². The second-order valence-electron chi connectivity index (χ2n) is 2.40. The van der Waals surface area contributed by atoms with Gasteiger partial charge in [-0.2, -0.15) is 0 Å². The highest BCUT2D eigenvalue weighted by Gasteiger charge is 2.33. The van der Waals surface area contributed by atoms with Crippen LogP contribution in [0.5, 0.6) is 11.5 Å². The van der Waals surface area contributed by atoms with Gasteiger partial charge in [0.05, 0.1) is 0 Å². The third-order valence-electron chi connectivity index (χ3n) is 1.28. The summed E-state index contributed by atoms with van der Waals surface area (Å²) in [5, 5.41) is 8.83. The summed E-state index contributed by atoms with van der Waals surface area (Å²) in [6.45, 7) is 0. The fourth-order valence-corrected chi connectivity index (χ4v) is 0.796. The van der Waals surface area contributed by atoms with Gasteiger partial charge in [-0.05, 0) is 0 Å². The van der Waals surface area contributed by atoms with Crippen LogP contribution in [0.1, 0.15) is 0 Å². The second-order valence-corrected chi connectivity index (χ2v) is 2.40. The van der Waals surface area contributed by atoms with E-state index in [-0.39, 0.29) is 5.69 Å². The summed E-state index contributed by atoms with van der Waals surface area (Å²) in [7, 11) is 0. The van der Waals surface area contributed by atoms with E-state index in [0.29, 0.717) is 12.1 Å². The lowest BCUT2D eigenvalue weighted by molar-refractivity contribution is -0.275. The summed E-state index contributed by atoms with van der Waals surface area (Å²) in [5.74, 6) is -3.56. The maximum atomic E-state index is 12.6. The Morgan fingerprint density at radius 3 is 2.36 bits per heavy atom. The lowest BCUT2D eigenvalue weighted by Crippen LogP contribution is -2.17. The van der Waals surface area contributed by atoms with E-state index in [0.717, 1.165) is 0 Å². The first-order valence-electron chi connectivity index (χ1n) is 3.33. The number of alkyl halides is 3. The number of phenols is 1. The van der Waals surface area contributed by atoms with Crippen molar-refractivity contribution in [3.63, 3.8) is 0 Å². The first kappa shape index (κ1) is 10.4. The minimum Gasteiger partial charge on any atom is -0.502 e. The monoisotopic (exact) mass is 211 g/mol. The fraction of sp³-hybridized carbons (Fsp3) is 0.143. The molecule has 0 amide bonds. The quantitative estimate of drug-likeness (QED) is 0.424. The van der Waals surface area contributed by atoms with Crippen molar-refractivity contribution in [3.8, 4) is 11.5 Å². The van der Waals surface area contributed by atoms with Gasteiger partial charge < -0.3 is 15.6 Å². The third-order valence-corrected chi connectivity index (χ3v) is 1.28. The molecule has 0 radical (unpaired) electrons. The topological polar surface area (TPSA) is 55.5 Å². The van der Waals surface area contributed by atoms with Crippen LogP contribution < -0.4 is 10.5 Å². The average molecular weight is 211 g/mol. The highest BCUT2D eigenvalue weighted by molar-refractivity contribution is 5.52. The average Bonchev–Trinajstić information content (AvgIpc) is 1.96. The van der Waals surface area contributed by atoms with E-state index < -0.39 is 23.7 Å². The number of anilines is 1. The van der Waals surface area contributed by atoms with E-state index in [9.17, 15) is 17.6 Å². The van der Waals surface area contributed by atoms with Crippen LogP contribution in [-0.2, 0) is 0 Å². The van der Waals surface area contributed by atoms with Crippen molar-refractivity contribution in [2.75, 3.05) is 5.73 Å². The van der Waals surface area contributed by atoms with Gasteiger partial charge in [0.2, 0.25) is 0 Å². The summed E-state index contributed by atoms with van der Waals surface area (Å²) in [5.41, 5.74) is 4.77. The van der Waals surface area contributed by atoms with E-state index in [4.69, 9.17) is 10.8 Å². The Morgan fingerprint density at radius 2 is 1.86 bits per heavy atom. The van der Waals surface area contributed by atoms with E-state index in [1.165, 1.54) is 0 Å². The van der Waals surface area contributed by atoms with Gasteiger partial charge in [-0.25, -0.2) is 4.39 Å². The van der Waals surface area contributed by atoms with Crippen LogP contribution in [0.25, 0.3) is 0 Å². The Labute approximate surface area is 75.7 Å². The number of ether oxygens (including phenoxy) is 1. The van der Waals surface area contributed by atoms with Crippen LogP contribution in [0.15, 0.2) is 12.1 Å². The van der Waals surface area contributed by atoms with Gasteiger partial charge in [-0.3, -0.25) is 0 Å². The Bertz CT molecular complexity index is 350. The molecule has 0 aliphatic carbocycles. The van der Waals surface area contributed by atoms with Gasteiger partial charge in [-0.15, -0.1) is 13.2 Å². The smallest absolute Gasteiger partial charge is 0.502 e. The highest BCUT2D eigenvalue weighted by atomic mass is 19.4. The number of benzene rings is 1. The van der Waals surface area contributed by atoms with Gasteiger partial charge in [0.15, 0.2) is 17.3 Å². The molecule has 78 valence electrons. The predicted octanol–water partition coefficient (Wildman–Crippen LogP) is 2.01. The van der Waals surface area contributed by atoms with Crippen LogP contribution in [0.2, 0.25) is 0 Å². The molecule has 3 N–H and O–H groups in total. The summed E-state index contributed by atoms with van der Waals surface area (Å²) >= 11 is 0. The van der Waals surface area contributed by atoms with E-state index >= 15 is 0 Å². The van der Waals surface area contributed by atoms with Gasteiger partial charge in [-0.1, -0.05) is 0 Å². The number of nitrogen functional groups attached to an aromatic ring is 1. The minimum atomic E-state index is -5.00. The number of hydrogen-bond donors (Lipinski definition) is 2.